The molecule has 0 N–H and O–H groups in total. The Labute approximate surface area is 111 Å². The molecule has 2 aromatic rings. The minimum absolute atomic E-state index is 0.0793. The first-order chi connectivity index (χ1) is 8.08. The van der Waals surface area contributed by atoms with Crippen LogP contribution in [-0.4, -0.2) is 9.55 Å². The molecule has 0 spiro atoms. The highest BCUT2D eigenvalue weighted by Crippen LogP contribution is 2.11. The molecule has 0 unspecified atom stereocenters. The molecule has 0 saturated carbocycles. The van der Waals surface area contributed by atoms with E-state index in [1.165, 1.54) is 29.2 Å². The first-order valence-electron chi connectivity index (χ1n) is 5.03. The predicted octanol–water partition coefficient (Wildman–Crippen LogP) is 2.34. The van der Waals surface area contributed by atoms with Gasteiger partial charge in [0.25, 0.3) is 5.56 Å². The van der Waals surface area contributed by atoms with E-state index in [4.69, 9.17) is 0 Å². The van der Waals surface area contributed by atoms with E-state index >= 15 is 0 Å². The summed E-state index contributed by atoms with van der Waals surface area (Å²) in [5.41, 5.74) is 1.66. The molecule has 5 heteroatoms. The summed E-state index contributed by atoms with van der Waals surface area (Å²) in [7, 11) is 0. The van der Waals surface area contributed by atoms with Crippen LogP contribution >= 0.6 is 22.6 Å². The van der Waals surface area contributed by atoms with Gasteiger partial charge in [-0.1, -0.05) is 6.07 Å². The molecule has 0 aliphatic rings. The zero-order valence-corrected chi connectivity index (χ0v) is 11.3. The molecule has 17 heavy (non-hydrogen) atoms. The fourth-order valence-electron chi connectivity index (χ4n) is 1.56. The third kappa shape index (κ3) is 2.71. The van der Waals surface area contributed by atoms with Crippen LogP contribution in [0.25, 0.3) is 0 Å². The minimum atomic E-state index is -0.264. The summed E-state index contributed by atoms with van der Waals surface area (Å²) in [5, 5.41) is 0. The molecule has 0 bridgehead atoms. The van der Waals surface area contributed by atoms with Crippen LogP contribution in [0.1, 0.15) is 11.1 Å². The number of hydrogen-bond donors (Lipinski definition) is 0. The summed E-state index contributed by atoms with van der Waals surface area (Å²) in [6.07, 6.45) is 3.02. The van der Waals surface area contributed by atoms with Gasteiger partial charge in [0.2, 0.25) is 0 Å². The van der Waals surface area contributed by atoms with E-state index in [2.05, 4.69) is 4.98 Å². The fraction of sp³-hybridized carbons (Fsp3) is 0.167. The molecular weight excluding hydrogens is 334 g/mol. The number of halogens is 2. The molecule has 0 atom stereocenters. The summed E-state index contributed by atoms with van der Waals surface area (Å²) in [4.78, 5) is 15.8. The number of aryl methyl sites for hydroxylation is 1. The first-order valence-corrected chi connectivity index (χ1v) is 6.11. The van der Waals surface area contributed by atoms with Crippen LogP contribution in [0.5, 0.6) is 0 Å². The highest BCUT2D eigenvalue weighted by atomic mass is 127. The zero-order valence-electron chi connectivity index (χ0n) is 9.15. The largest absolute Gasteiger partial charge is 0.294 e. The summed E-state index contributed by atoms with van der Waals surface area (Å²) in [6, 6.07) is 4.55. The van der Waals surface area contributed by atoms with Crippen molar-refractivity contribution in [3.63, 3.8) is 0 Å². The number of benzene rings is 1. The summed E-state index contributed by atoms with van der Waals surface area (Å²) >= 11 is 1.95. The molecule has 1 aromatic carbocycles. The van der Waals surface area contributed by atoms with E-state index in [0.717, 1.165) is 11.1 Å². The Morgan fingerprint density at radius 2 is 2.24 bits per heavy atom. The van der Waals surface area contributed by atoms with Crippen LogP contribution in [0, 0.1) is 16.3 Å². The van der Waals surface area contributed by atoms with Gasteiger partial charge in [-0.3, -0.25) is 9.36 Å². The predicted molar refractivity (Wildman–Crippen MR) is 71.5 cm³/mol. The van der Waals surface area contributed by atoms with Gasteiger partial charge < -0.3 is 0 Å². The standard InChI is InChI=1S/C12H10FIN2O/c1-8-4-10(13)3-2-9(8)6-16-7-15-5-11(14)12(16)17/h2-5,7H,6H2,1H3. The number of rotatable bonds is 2. The van der Waals surface area contributed by atoms with Crippen molar-refractivity contribution in [3.05, 3.63) is 61.6 Å². The van der Waals surface area contributed by atoms with Gasteiger partial charge >= 0.3 is 0 Å². The smallest absolute Gasteiger partial charge is 0.267 e. The molecule has 3 nitrogen and oxygen atoms in total. The van der Waals surface area contributed by atoms with Crippen LogP contribution in [0.4, 0.5) is 4.39 Å². The van der Waals surface area contributed by atoms with Gasteiger partial charge in [-0.05, 0) is 52.8 Å². The third-order valence-electron chi connectivity index (χ3n) is 2.50. The Hall–Kier alpha value is -1.24. The van der Waals surface area contributed by atoms with Gasteiger partial charge in [0.05, 0.1) is 16.4 Å². The minimum Gasteiger partial charge on any atom is -0.294 e. The lowest BCUT2D eigenvalue weighted by atomic mass is 10.1. The highest BCUT2D eigenvalue weighted by Gasteiger charge is 2.04. The molecule has 2 rings (SSSR count). The molecule has 88 valence electrons. The number of nitrogens with zero attached hydrogens (tertiary/aromatic N) is 2. The van der Waals surface area contributed by atoms with Crippen LogP contribution in [0.3, 0.4) is 0 Å². The van der Waals surface area contributed by atoms with Crippen LogP contribution in [0.2, 0.25) is 0 Å². The normalized spacial score (nSPS) is 10.5. The zero-order chi connectivity index (χ0) is 12.4. The molecule has 1 heterocycles. The van der Waals surface area contributed by atoms with Crippen LogP contribution in [0.15, 0.2) is 35.5 Å². The molecule has 1 aromatic heterocycles. The van der Waals surface area contributed by atoms with Gasteiger partial charge in [-0.15, -0.1) is 0 Å². The Kier molecular flexibility index (Phi) is 3.56. The van der Waals surface area contributed by atoms with Crippen molar-refractivity contribution < 1.29 is 4.39 Å². The molecular formula is C12H10FIN2O. The average Bonchev–Trinajstić information content (AvgIpc) is 2.28. The van der Waals surface area contributed by atoms with Crippen molar-refractivity contribution in [3.8, 4) is 0 Å². The van der Waals surface area contributed by atoms with Gasteiger partial charge in [-0.2, -0.15) is 0 Å². The van der Waals surface area contributed by atoms with E-state index < -0.39 is 0 Å². The van der Waals surface area contributed by atoms with Gasteiger partial charge in [0, 0.05) is 6.20 Å². The summed E-state index contributed by atoms with van der Waals surface area (Å²) in [5.74, 6) is -0.264. The summed E-state index contributed by atoms with van der Waals surface area (Å²) in [6.45, 7) is 2.24. The maximum atomic E-state index is 12.9. The van der Waals surface area contributed by atoms with Crippen molar-refractivity contribution in [2.45, 2.75) is 13.5 Å². The maximum absolute atomic E-state index is 12.9. The molecule has 0 aliphatic heterocycles. The lowest BCUT2D eigenvalue weighted by molar-refractivity contribution is 0.624. The second-order valence-corrected chi connectivity index (χ2v) is 4.91. The molecule has 0 aliphatic carbocycles. The topological polar surface area (TPSA) is 34.9 Å². The number of aromatic nitrogens is 2. The van der Waals surface area contributed by atoms with Gasteiger partial charge in [0.15, 0.2) is 0 Å². The van der Waals surface area contributed by atoms with Gasteiger partial charge in [0.1, 0.15) is 5.82 Å². The van der Waals surface area contributed by atoms with E-state index in [9.17, 15) is 9.18 Å². The fourth-order valence-corrected chi connectivity index (χ4v) is 2.03. The van der Waals surface area contributed by atoms with Crippen molar-refractivity contribution in [1.29, 1.82) is 0 Å². The SMILES string of the molecule is Cc1cc(F)ccc1Cn1cncc(I)c1=O. The quantitative estimate of drug-likeness (QED) is 0.784. The Morgan fingerprint density at radius 3 is 2.94 bits per heavy atom. The Balaban J connectivity index is 2.38. The lowest BCUT2D eigenvalue weighted by Crippen LogP contribution is -2.23. The van der Waals surface area contributed by atoms with Crippen molar-refractivity contribution in [2.24, 2.45) is 0 Å². The Morgan fingerprint density at radius 1 is 1.47 bits per heavy atom. The summed E-state index contributed by atoms with van der Waals surface area (Å²) < 4.78 is 15.0. The monoisotopic (exact) mass is 344 g/mol. The Bertz CT molecular complexity index is 610. The van der Waals surface area contributed by atoms with E-state index in [1.54, 1.807) is 6.07 Å². The molecule has 0 fully saturated rings. The molecule has 0 amide bonds. The molecule has 0 saturated heterocycles. The van der Waals surface area contributed by atoms with E-state index in [-0.39, 0.29) is 11.4 Å². The highest BCUT2D eigenvalue weighted by molar-refractivity contribution is 14.1. The maximum Gasteiger partial charge on any atom is 0.267 e. The second-order valence-electron chi connectivity index (χ2n) is 3.75. The van der Waals surface area contributed by atoms with Crippen molar-refractivity contribution in [1.82, 2.24) is 9.55 Å². The lowest BCUT2D eigenvalue weighted by Gasteiger charge is -2.08. The number of hydrogen-bond acceptors (Lipinski definition) is 2. The average molecular weight is 344 g/mol. The third-order valence-corrected chi connectivity index (χ3v) is 3.24. The van der Waals surface area contributed by atoms with Crippen LogP contribution in [-0.2, 0) is 6.54 Å². The second kappa shape index (κ2) is 4.95. The van der Waals surface area contributed by atoms with Crippen molar-refractivity contribution in [2.75, 3.05) is 0 Å². The van der Waals surface area contributed by atoms with Crippen LogP contribution < -0.4 is 5.56 Å². The van der Waals surface area contributed by atoms with E-state index in [0.29, 0.717) is 10.1 Å². The van der Waals surface area contributed by atoms with E-state index in [1.807, 2.05) is 29.5 Å². The van der Waals surface area contributed by atoms with Crippen molar-refractivity contribution >= 4 is 22.6 Å². The molecule has 0 radical (unpaired) electrons. The first kappa shape index (κ1) is 12.2. The van der Waals surface area contributed by atoms with Gasteiger partial charge in [-0.25, -0.2) is 9.37 Å².